The Morgan fingerprint density at radius 1 is 1.32 bits per heavy atom. The lowest BCUT2D eigenvalue weighted by atomic mass is 10.2. The molecule has 1 amide bonds. The maximum Gasteiger partial charge on any atom is 0.410 e. The van der Waals surface area contributed by atoms with E-state index in [0.29, 0.717) is 19.5 Å². The molecule has 0 bridgehead atoms. The van der Waals surface area contributed by atoms with Crippen molar-refractivity contribution in [1.29, 1.82) is 0 Å². The van der Waals surface area contributed by atoms with Gasteiger partial charge in [-0.2, -0.15) is 0 Å². The number of nitrogens with one attached hydrogen (secondary N) is 1. The molecule has 124 valence electrons. The summed E-state index contributed by atoms with van der Waals surface area (Å²) in [6, 6.07) is 9.77. The van der Waals surface area contributed by atoms with Crippen LogP contribution in [0.5, 0.6) is 0 Å². The minimum absolute atomic E-state index is 0.329. The highest BCUT2D eigenvalue weighted by Gasteiger charge is 2.19. The summed E-state index contributed by atoms with van der Waals surface area (Å²) in [6.07, 6.45) is 0.594. The zero-order valence-corrected chi connectivity index (χ0v) is 14.0. The average Bonchev–Trinajstić information content (AvgIpc) is 2.44. The summed E-state index contributed by atoms with van der Waals surface area (Å²) < 4.78 is 5.27. The number of carbonyl (C=O) groups is 1. The first-order valence-electron chi connectivity index (χ1n) is 7.69. The van der Waals surface area contributed by atoms with Crippen molar-refractivity contribution in [3.63, 3.8) is 0 Å². The van der Waals surface area contributed by atoms with Gasteiger partial charge < -0.3 is 20.1 Å². The number of aliphatic hydroxyl groups excluding tert-OH is 1. The van der Waals surface area contributed by atoms with E-state index in [1.807, 2.05) is 51.1 Å². The maximum absolute atomic E-state index is 11.8. The molecule has 0 saturated heterocycles. The van der Waals surface area contributed by atoms with Crippen LogP contribution < -0.4 is 5.32 Å². The van der Waals surface area contributed by atoms with Crippen LogP contribution in [0, 0.1) is 0 Å². The number of nitrogens with zero attached hydrogens (tertiary/aromatic N) is 1. The summed E-state index contributed by atoms with van der Waals surface area (Å²) in [5.41, 5.74) is 0.511. The van der Waals surface area contributed by atoms with Gasteiger partial charge in [0, 0.05) is 25.8 Å². The van der Waals surface area contributed by atoms with Crippen LogP contribution in [-0.2, 0) is 4.74 Å². The molecule has 22 heavy (non-hydrogen) atoms. The van der Waals surface area contributed by atoms with E-state index in [0.717, 1.165) is 12.1 Å². The van der Waals surface area contributed by atoms with Crippen LogP contribution in [0.15, 0.2) is 30.3 Å². The van der Waals surface area contributed by atoms with Gasteiger partial charge in [-0.15, -0.1) is 0 Å². The van der Waals surface area contributed by atoms with Gasteiger partial charge in [0.25, 0.3) is 0 Å². The van der Waals surface area contributed by atoms with Gasteiger partial charge in [0.1, 0.15) is 5.60 Å². The fourth-order valence-corrected chi connectivity index (χ4v) is 1.89. The predicted molar refractivity (Wildman–Crippen MR) is 89.0 cm³/mol. The molecule has 0 aliphatic heterocycles. The zero-order valence-electron chi connectivity index (χ0n) is 14.0. The number of hydrogen-bond donors (Lipinski definition) is 2. The normalized spacial score (nSPS) is 12.6. The van der Waals surface area contributed by atoms with Crippen LogP contribution in [0.2, 0.25) is 0 Å². The number of para-hydroxylation sites is 1. The molecule has 1 rings (SSSR count). The highest BCUT2D eigenvalue weighted by Crippen LogP contribution is 2.10. The van der Waals surface area contributed by atoms with Gasteiger partial charge in [0.05, 0.1) is 6.10 Å². The Balaban J connectivity index is 2.19. The molecular formula is C17H28N2O3. The van der Waals surface area contributed by atoms with Gasteiger partial charge in [-0.05, 0) is 45.7 Å². The molecule has 0 spiro atoms. The van der Waals surface area contributed by atoms with Gasteiger partial charge >= 0.3 is 6.09 Å². The predicted octanol–water partition coefficient (Wildman–Crippen LogP) is 3.11. The molecule has 0 radical (unpaired) electrons. The van der Waals surface area contributed by atoms with E-state index >= 15 is 0 Å². The maximum atomic E-state index is 11.8. The van der Waals surface area contributed by atoms with E-state index in [-0.39, 0.29) is 6.09 Å². The Hall–Kier alpha value is -1.75. The number of anilines is 1. The Kier molecular flexibility index (Phi) is 7.18. The third kappa shape index (κ3) is 7.88. The Morgan fingerprint density at radius 3 is 2.55 bits per heavy atom. The molecule has 1 aromatic carbocycles. The van der Waals surface area contributed by atoms with Crippen molar-refractivity contribution < 1.29 is 14.6 Å². The molecule has 0 aliphatic carbocycles. The second kappa shape index (κ2) is 8.63. The highest BCUT2D eigenvalue weighted by molar-refractivity contribution is 5.67. The van der Waals surface area contributed by atoms with Gasteiger partial charge in [-0.1, -0.05) is 18.2 Å². The first-order valence-corrected chi connectivity index (χ1v) is 7.69. The molecule has 5 heteroatoms. The first-order chi connectivity index (χ1) is 10.3. The van der Waals surface area contributed by atoms with Crippen LogP contribution in [0.4, 0.5) is 10.5 Å². The molecule has 5 nitrogen and oxygen atoms in total. The van der Waals surface area contributed by atoms with Crippen LogP contribution in [0.3, 0.4) is 0 Å². The monoisotopic (exact) mass is 308 g/mol. The van der Waals surface area contributed by atoms with Crippen molar-refractivity contribution >= 4 is 11.8 Å². The van der Waals surface area contributed by atoms with Crippen molar-refractivity contribution in [3.05, 3.63) is 30.3 Å². The molecule has 0 aromatic heterocycles. The zero-order chi connectivity index (χ0) is 16.6. The number of amides is 1. The Morgan fingerprint density at radius 2 is 1.95 bits per heavy atom. The summed E-state index contributed by atoms with van der Waals surface area (Å²) >= 11 is 0. The van der Waals surface area contributed by atoms with Crippen molar-refractivity contribution in [2.75, 3.05) is 25.5 Å². The van der Waals surface area contributed by atoms with Gasteiger partial charge in [-0.25, -0.2) is 4.79 Å². The average molecular weight is 308 g/mol. The van der Waals surface area contributed by atoms with Gasteiger partial charge in [0.15, 0.2) is 0 Å². The lowest BCUT2D eigenvalue weighted by Crippen LogP contribution is -2.35. The standard InChI is InChI=1S/C17H28N2O3/c1-17(2,3)22-16(21)19(4)12-8-11-15(20)13-18-14-9-6-5-7-10-14/h5-7,9-10,15,18,20H,8,11-13H2,1-4H3. The number of hydrogen-bond acceptors (Lipinski definition) is 4. The quantitative estimate of drug-likeness (QED) is 0.812. The minimum atomic E-state index is -0.482. The lowest BCUT2D eigenvalue weighted by Gasteiger charge is -2.24. The minimum Gasteiger partial charge on any atom is -0.444 e. The molecule has 0 heterocycles. The fourth-order valence-electron chi connectivity index (χ4n) is 1.89. The number of carbonyl (C=O) groups excluding carboxylic acids is 1. The molecule has 1 aromatic rings. The van der Waals surface area contributed by atoms with Gasteiger partial charge in [0.2, 0.25) is 0 Å². The van der Waals surface area contributed by atoms with Crippen LogP contribution in [0.1, 0.15) is 33.6 Å². The van der Waals surface area contributed by atoms with Crippen LogP contribution >= 0.6 is 0 Å². The van der Waals surface area contributed by atoms with E-state index in [9.17, 15) is 9.90 Å². The summed E-state index contributed by atoms with van der Waals surface area (Å²) in [5.74, 6) is 0. The number of ether oxygens (including phenoxy) is 1. The smallest absolute Gasteiger partial charge is 0.410 e. The second-order valence-electron chi connectivity index (χ2n) is 6.44. The third-order valence-electron chi connectivity index (χ3n) is 3.05. The second-order valence-corrected chi connectivity index (χ2v) is 6.44. The van der Waals surface area contributed by atoms with Crippen LogP contribution in [-0.4, -0.2) is 47.9 Å². The van der Waals surface area contributed by atoms with Crippen LogP contribution in [0.25, 0.3) is 0 Å². The number of rotatable bonds is 7. The summed E-state index contributed by atoms with van der Waals surface area (Å²) in [6.45, 7) is 6.60. The Bertz CT molecular complexity index is 443. The molecule has 1 atom stereocenters. The van der Waals surface area contributed by atoms with E-state index in [4.69, 9.17) is 4.74 Å². The van der Waals surface area contributed by atoms with Crippen molar-refractivity contribution in [2.45, 2.75) is 45.3 Å². The molecule has 1 unspecified atom stereocenters. The third-order valence-corrected chi connectivity index (χ3v) is 3.05. The lowest BCUT2D eigenvalue weighted by molar-refractivity contribution is 0.0290. The van der Waals surface area contributed by atoms with E-state index in [1.54, 1.807) is 11.9 Å². The Labute approximate surface area is 133 Å². The van der Waals surface area contributed by atoms with Crippen molar-refractivity contribution in [3.8, 4) is 0 Å². The highest BCUT2D eigenvalue weighted by atomic mass is 16.6. The summed E-state index contributed by atoms with van der Waals surface area (Å²) in [7, 11) is 1.71. The summed E-state index contributed by atoms with van der Waals surface area (Å²) in [5, 5.41) is 13.1. The summed E-state index contributed by atoms with van der Waals surface area (Å²) in [4.78, 5) is 13.3. The van der Waals surface area contributed by atoms with E-state index < -0.39 is 11.7 Å². The van der Waals surface area contributed by atoms with E-state index in [1.165, 1.54) is 0 Å². The first kappa shape index (κ1) is 18.3. The van der Waals surface area contributed by atoms with Crippen molar-refractivity contribution in [1.82, 2.24) is 4.90 Å². The molecule has 0 fully saturated rings. The number of aliphatic hydroxyl groups is 1. The van der Waals surface area contributed by atoms with Crippen molar-refractivity contribution in [2.24, 2.45) is 0 Å². The molecular weight excluding hydrogens is 280 g/mol. The fraction of sp³-hybridized carbons (Fsp3) is 0.588. The van der Waals surface area contributed by atoms with E-state index in [2.05, 4.69) is 5.32 Å². The molecule has 0 saturated carbocycles. The largest absolute Gasteiger partial charge is 0.444 e. The SMILES string of the molecule is CN(CCCC(O)CNc1ccccc1)C(=O)OC(C)(C)C. The topological polar surface area (TPSA) is 61.8 Å². The molecule has 0 aliphatic rings. The number of benzene rings is 1. The molecule has 2 N–H and O–H groups in total. The van der Waals surface area contributed by atoms with Gasteiger partial charge in [-0.3, -0.25) is 0 Å².